The summed E-state index contributed by atoms with van der Waals surface area (Å²) in [6.07, 6.45) is 1.71. The van der Waals surface area contributed by atoms with Crippen molar-refractivity contribution in [3.05, 3.63) is 23.8 Å². The largest absolute Gasteiger partial charge is 0.493 e. The van der Waals surface area contributed by atoms with Gasteiger partial charge < -0.3 is 41.0 Å². The second-order valence-electron chi connectivity index (χ2n) is 11.6. The molecule has 40 heavy (non-hydrogen) atoms. The average molecular weight is 565 g/mol. The molecule has 0 saturated carbocycles. The van der Waals surface area contributed by atoms with Crippen LogP contribution in [0.3, 0.4) is 0 Å². The first-order valence-electron chi connectivity index (χ1n) is 14.6. The van der Waals surface area contributed by atoms with Gasteiger partial charge in [0, 0.05) is 57.6 Å². The average Bonchev–Trinajstić information content (AvgIpc) is 2.92. The van der Waals surface area contributed by atoms with Gasteiger partial charge in [-0.05, 0) is 54.7 Å². The molecule has 0 unspecified atom stereocenters. The Morgan fingerprint density at radius 2 is 1.77 bits per heavy atom. The lowest BCUT2D eigenvalue weighted by molar-refractivity contribution is -0.127. The summed E-state index contributed by atoms with van der Waals surface area (Å²) in [5.74, 6) is 1.71. The Morgan fingerprint density at radius 3 is 2.38 bits per heavy atom. The van der Waals surface area contributed by atoms with Crippen molar-refractivity contribution in [2.75, 3.05) is 47.1 Å². The Kier molecular flexibility index (Phi) is 14.5. The van der Waals surface area contributed by atoms with Crippen LogP contribution in [0.15, 0.2) is 18.2 Å². The third kappa shape index (κ3) is 11.1. The van der Waals surface area contributed by atoms with E-state index in [0.717, 1.165) is 18.4 Å². The number of hydrogen-bond acceptors (Lipinski definition) is 7. The first kappa shape index (κ1) is 33.6. The summed E-state index contributed by atoms with van der Waals surface area (Å²) in [6, 6.07) is 5.36. The molecule has 0 aliphatic carbocycles. The second-order valence-corrected chi connectivity index (χ2v) is 11.6. The van der Waals surface area contributed by atoms with Gasteiger partial charge in [-0.25, -0.2) is 4.79 Å². The predicted molar refractivity (Wildman–Crippen MR) is 156 cm³/mol. The summed E-state index contributed by atoms with van der Waals surface area (Å²) in [5, 5.41) is 19.6. The van der Waals surface area contributed by atoms with Gasteiger partial charge in [-0.3, -0.25) is 4.79 Å². The Morgan fingerprint density at radius 1 is 1.07 bits per heavy atom. The molecule has 0 radical (unpaired) electrons. The first-order chi connectivity index (χ1) is 19.0. The van der Waals surface area contributed by atoms with E-state index in [1.807, 2.05) is 32.0 Å². The van der Waals surface area contributed by atoms with Crippen LogP contribution in [0.2, 0.25) is 0 Å². The smallest absolute Gasteiger partial charge is 0.314 e. The molecular formula is C30H52N4O6. The van der Waals surface area contributed by atoms with Crippen LogP contribution in [0.25, 0.3) is 0 Å². The van der Waals surface area contributed by atoms with Crippen LogP contribution in [-0.4, -0.2) is 76.3 Å². The molecule has 10 nitrogen and oxygen atoms in total. The molecule has 2 rings (SSSR count). The number of methoxy groups -OCH3 is 2. The molecule has 0 aromatic heterocycles. The van der Waals surface area contributed by atoms with Crippen LogP contribution in [0.1, 0.15) is 52.5 Å². The maximum Gasteiger partial charge on any atom is 0.314 e. The van der Waals surface area contributed by atoms with E-state index in [0.29, 0.717) is 63.1 Å². The number of urea groups is 1. The summed E-state index contributed by atoms with van der Waals surface area (Å²) in [7, 11) is 3.30. The molecule has 1 aliphatic heterocycles. The van der Waals surface area contributed by atoms with Gasteiger partial charge in [0.1, 0.15) is 0 Å². The van der Waals surface area contributed by atoms with Crippen molar-refractivity contribution in [2.45, 2.75) is 65.5 Å². The molecule has 1 heterocycles. The zero-order valence-corrected chi connectivity index (χ0v) is 25.2. The number of aliphatic hydroxyl groups excluding tert-OH is 1. The number of nitrogens with one attached hydrogen (secondary N) is 3. The number of ether oxygens (including phenoxy) is 3. The third-order valence-corrected chi connectivity index (χ3v) is 7.79. The van der Waals surface area contributed by atoms with E-state index in [1.54, 1.807) is 14.2 Å². The summed E-state index contributed by atoms with van der Waals surface area (Å²) < 4.78 is 16.5. The quantitative estimate of drug-likeness (QED) is 0.172. The molecule has 0 spiro atoms. The van der Waals surface area contributed by atoms with Gasteiger partial charge >= 0.3 is 6.03 Å². The lowest BCUT2D eigenvalue weighted by Gasteiger charge is -2.30. The van der Waals surface area contributed by atoms with E-state index in [4.69, 9.17) is 19.9 Å². The van der Waals surface area contributed by atoms with Crippen LogP contribution in [0.4, 0.5) is 4.79 Å². The van der Waals surface area contributed by atoms with Crippen molar-refractivity contribution < 1.29 is 28.9 Å². The number of carbonyl (C=O) groups excluding carboxylic acids is 2. The van der Waals surface area contributed by atoms with Crippen LogP contribution in [0.5, 0.6) is 11.5 Å². The summed E-state index contributed by atoms with van der Waals surface area (Å²) in [4.78, 5) is 24.3. The number of carbonyl (C=O) groups is 2. The van der Waals surface area contributed by atoms with Gasteiger partial charge in [-0.15, -0.1) is 0 Å². The van der Waals surface area contributed by atoms with Crippen molar-refractivity contribution >= 4 is 11.9 Å². The van der Waals surface area contributed by atoms with E-state index in [9.17, 15) is 14.7 Å². The Bertz CT molecular complexity index is 902. The zero-order chi connectivity index (χ0) is 29.7. The maximum atomic E-state index is 13.0. The fourth-order valence-electron chi connectivity index (χ4n) is 4.99. The van der Waals surface area contributed by atoms with Gasteiger partial charge in [0.05, 0.1) is 19.8 Å². The van der Waals surface area contributed by atoms with Crippen LogP contribution in [0, 0.1) is 29.6 Å². The molecular weight excluding hydrogens is 512 g/mol. The minimum atomic E-state index is -0.800. The fraction of sp³-hybridized carbons (Fsp3) is 0.733. The normalized spacial score (nSPS) is 17.1. The summed E-state index contributed by atoms with van der Waals surface area (Å²) in [5.41, 5.74) is 7.67. The molecule has 1 fully saturated rings. The second kappa shape index (κ2) is 17.3. The summed E-state index contributed by atoms with van der Waals surface area (Å²) >= 11 is 0. The highest BCUT2D eigenvalue weighted by Crippen LogP contribution is 2.31. The minimum absolute atomic E-state index is 0.0496. The standard InChI is InChI=1S/C30H52N4O6/c1-19(2)23(12-21-8-9-27(39-6)28(13-21)40-11-7-10-38-5)14-25(31)26(35)15-24(20(3)4)29(36)32-16-22-17-33-30(37)34-18-22/h8-9,13,19-20,22-26,35H,7,10-12,14-18,31H2,1-6H3,(H,32,36)(H2,33,34,37)/t23-,24+,25-,26-/m0/s1. The van der Waals surface area contributed by atoms with Gasteiger partial charge in [0.25, 0.3) is 0 Å². The number of aliphatic hydroxyl groups is 1. The van der Waals surface area contributed by atoms with Gasteiger partial charge in [-0.1, -0.05) is 33.8 Å². The Balaban J connectivity index is 1.96. The molecule has 1 aliphatic rings. The molecule has 10 heteroatoms. The molecule has 1 aromatic rings. The van der Waals surface area contributed by atoms with E-state index in [1.165, 1.54) is 0 Å². The number of benzene rings is 1. The van der Waals surface area contributed by atoms with E-state index >= 15 is 0 Å². The van der Waals surface area contributed by atoms with E-state index in [2.05, 4.69) is 29.8 Å². The van der Waals surface area contributed by atoms with Gasteiger partial charge in [0.15, 0.2) is 11.5 Å². The highest BCUT2D eigenvalue weighted by atomic mass is 16.5. The van der Waals surface area contributed by atoms with Crippen molar-refractivity contribution in [1.82, 2.24) is 16.0 Å². The highest BCUT2D eigenvalue weighted by Gasteiger charge is 2.30. The van der Waals surface area contributed by atoms with Crippen LogP contribution < -0.4 is 31.2 Å². The Labute approximate surface area is 240 Å². The molecule has 4 atom stereocenters. The zero-order valence-electron chi connectivity index (χ0n) is 25.2. The molecule has 0 bridgehead atoms. The number of hydrogen-bond donors (Lipinski definition) is 5. The minimum Gasteiger partial charge on any atom is -0.493 e. The molecule has 6 N–H and O–H groups in total. The number of rotatable bonds is 18. The fourth-order valence-corrected chi connectivity index (χ4v) is 4.99. The van der Waals surface area contributed by atoms with Crippen molar-refractivity contribution in [2.24, 2.45) is 35.3 Å². The highest BCUT2D eigenvalue weighted by molar-refractivity contribution is 5.79. The van der Waals surface area contributed by atoms with Gasteiger partial charge in [-0.2, -0.15) is 0 Å². The Hall–Kier alpha value is -2.56. The van der Waals surface area contributed by atoms with E-state index in [-0.39, 0.29) is 35.6 Å². The van der Waals surface area contributed by atoms with E-state index < -0.39 is 12.1 Å². The molecule has 228 valence electrons. The van der Waals surface area contributed by atoms with Crippen molar-refractivity contribution in [1.29, 1.82) is 0 Å². The first-order valence-corrected chi connectivity index (χ1v) is 14.6. The number of nitrogens with two attached hydrogens (primary N) is 1. The van der Waals surface area contributed by atoms with Crippen LogP contribution >= 0.6 is 0 Å². The third-order valence-electron chi connectivity index (χ3n) is 7.79. The number of amides is 3. The monoisotopic (exact) mass is 564 g/mol. The molecule has 1 saturated heterocycles. The van der Waals surface area contributed by atoms with Gasteiger partial charge in [0.2, 0.25) is 5.91 Å². The van der Waals surface area contributed by atoms with Crippen molar-refractivity contribution in [3.63, 3.8) is 0 Å². The molecule has 1 aromatic carbocycles. The molecule has 3 amide bonds. The lowest BCUT2D eigenvalue weighted by Crippen LogP contribution is -2.52. The van der Waals surface area contributed by atoms with Crippen LogP contribution in [-0.2, 0) is 16.0 Å². The SMILES string of the molecule is COCCCOc1cc(C[C@@H](C[C@H](N)[C@@H](O)C[C@@H](C(=O)NCC2CNC(=O)NC2)C(C)C)C(C)C)ccc1OC. The topological polar surface area (TPSA) is 144 Å². The summed E-state index contributed by atoms with van der Waals surface area (Å²) in [6.45, 7) is 11.0. The lowest BCUT2D eigenvalue weighted by atomic mass is 9.80. The predicted octanol–water partition coefficient (Wildman–Crippen LogP) is 2.71. The van der Waals surface area contributed by atoms with Crippen molar-refractivity contribution in [3.8, 4) is 11.5 Å². The maximum absolute atomic E-state index is 13.0.